The fraction of sp³-hybridized carbons (Fsp3) is 0.300. The van der Waals surface area contributed by atoms with E-state index in [1.165, 1.54) is 0 Å². The molecule has 1 atom stereocenters. The van der Waals surface area contributed by atoms with Crippen LogP contribution in [0.5, 0.6) is 0 Å². The van der Waals surface area contributed by atoms with Crippen LogP contribution in [-0.4, -0.2) is 35.3 Å². The summed E-state index contributed by atoms with van der Waals surface area (Å²) in [5.74, 6) is -0.638. The van der Waals surface area contributed by atoms with E-state index in [1.54, 1.807) is 30.3 Å². The number of esters is 1. The Balaban J connectivity index is 2.50. The molecule has 6 nitrogen and oxygen atoms in total. The van der Waals surface area contributed by atoms with Crippen LogP contribution >= 0.6 is 0 Å². The third kappa shape index (κ3) is 3.32. The Morgan fingerprint density at radius 1 is 1.44 bits per heavy atom. The number of aliphatic hydroxyl groups excluding tert-OH is 1. The number of hydrogen-bond donors (Lipinski definition) is 1. The molecule has 1 aromatic carbocycles. The summed E-state index contributed by atoms with van der Waals surface area (Å²) < 4.78 is 4.70. The van der Waals surface area contributed by atoms with Crippen molar-refractivity contribution in [3.63, 3.8) is 0 Å². The first-order valence-electron chi connectivity index (χ1n) is 4.61. The topological polar surface area (TPSA) is 89.7 Å². The van der Waals surface area contributed by atoms with Gasteiger partial charge in [-0.25, -0.2) is 4.79 Å². The first-order valence-corrected chi connectivity index (χ1v) is 4.61. The van der Waals surface area contributed by atoms with Crippen molar-refractivity contribution >= 4 is 5.97 Å². The lowest BCUT2D eigenvalue weighted by atomic mass is 10.2. The highest BCUT2D eigenvalue weighted by atomic mass is 16.6. The molecule has 0 bridgehead atoms. The van der Waals surface area contributed by atoms with Crippen molar-refractivity contribution in [2.75, 3.05) is 13.2 Å². The molecule has 0 fully saturated rings. The standard InChI is InChI=1S/C10H11NO5/c12-6-9(11(14)15)7-16-10(13)8-4-2-1-3-5-8/h1-5,9,12H,6-7H2. The van der Waals surface area contributed by atoms with E-state index in [0.717, 1.165) is 0 Å². The van der Waals surface area contributed by atoms with Crippen LogP contribution in [0.2, 0.25) is 0 Å². The van der Waals surface area contributed by atoms with Crippen LogP contribution in [0.15, 0.2) is 30.3 Å². The Bertz CT molecular complexity index is 365. The molecule has 6 heteroatoms. The van der Waals surface area contributed by atoms with Crippen LogP contribution < -0.4 is 0 Å². The Morgan fingerprint density at radius 3 is 2.56 bits per heavy atom. The lowest BCUT2D eigenvalue weighted by Crippen LogP contribution is -2.30. The van der Waals surface area contributed by atoms with E-state index in [9.17, 15) is 14.9 Å². The number of hydrogen-bond acceptors (Lipinski definition) is 5. The molecule has 0 heterocycles. The average molecular weight is 225 g/mol. The van der Waals surface area contributed by atoms with E-state index in [4.69, 9.17) is 9.84 Å². The van der Waals surface area contributed by atoms with Gasteiger partial charge in [0.05, 0.1) is 5.56 Å². The quantitative estimate of drug-likeness (QED) is 0.447. The highest BCUT2D eigenvalue weighted by Gasteiger charge is 2.21. The molecule has 0 saturated carbocycles. The number of rotatable bonds is 5. The summed E-state index contributed by atoms with van der Waals surface area (Å²) in [7, 11) is 0. The molecule has 0 aromatic heterocycles. The lowest BCUT2D eigenvalue weighted by Gasteiger charge is -2.07. The first-order chi connectivity index (χ1) is 7.65. The van der Waals surface area contributed by atoms with Gasteiger partial charge in [-0.3, -0.25) is 10.1 Å². The van der Waals surface area contributed by atoms with Gasteiger partial charge in [0, 0.05) is 4.92 Å². The Labute approximate surface area is 91.6 Å². The number of aliphatic hydroxyl groups is 1. The zero-order valence-electron chi connectivity index (χ0n) is 8.41. The molecule has 0 spiro atoms. The second-order valence-corrected chi connectivity index (χ2v) is 3.09. The number of ether oxygens (including phenoxy) is 1. The predicted molar refractivity (Wildman–Crippen MR) is 54.6 cm³/mol. The summed E-state index contributed by atoms with van der Waals surface area (Å²) in [4.78, 5) is 21.0. The molecule has 0 aliphatic carbocycles. The van der Waals surface area contributed by atoms with Crippen LogP contribution in [0.4, 0.5) is 0 Å². The maximum Gasteiger partial charge on any atom is 0.338 e. The van der Waals surface area contributed by atoms with Crippen LogP contribution in [0, 0.1) is 10.1 Å². The number of nitrogens with zero attached hydrogens (tertiary/aromatic N) is 1. The molecule has 86 valence electrons. The summed E-state index contributed by atoms with van der Waals surface area (Å²) in [5.41, 5.74) is 0.322. The van der Waals surface area contributed by atoms with Crippen molar-refractivity contribution in [3.8, 4) is 0 Å². The maximum atomic E-state index is 11.4. The van der Waals surface area contributed by atoms with Gasteiger partial charge in [-0.2, -0.15) is 0 Å². The van der Waals surface area contributed by atoms with Crippen molar-refractivity contribution in [3.05, 3.63) is 46.0 Å². The van der Waals surface area contributed by atoms with E-state index in [0.29, 0.717) is 5.56 Å². The van der Waals surface area contributed by atoms with E-state index >= 15 is 0 Å². The minimum Gasteiger partial charge on any atom is -0.455 e. The average Bonchev–Trinajstić information content (AvgIpc) is 2.30. The Hall–Kier alpha value is -1.95. The van der Waals surface area contributed by atoms with Crippen molar-refractivity contribution in [2.45, 2.75) is 6.04 Å². The third-order valence-corrected chi connectivity index (χ3v) is 1.93. The summed E-state index contributed by atoms with van der Waals surface area (Å²) in [5, 5.41) is 19.0. The van der Waals surface area contributed by atoms with Gasteiger partial charge in [-0.1, -0.05) is 18.2 Å². The largest absolute Gasteiger partial charge is 0.455 e. The number of nitro groups is 1. The van der Waals surface area contributed by atoms with Crippen LogP contribution in [0.3, 0.4) is 0 Å². The number of benzene rings is 1. The second-order valence-electron chi connectivity index (χ2n) is 3.09. The van der Waals surface area contributed by atoms with Crippen LogP contribution in [0.25, 0.3) is 0 Å². The Kier molecular flexibility index (Phi) is 4.41. The fourth-order valence-electron chi connectivity index (χ4n) is 1.01. The summed E-state index contributed by atoms with van der Waals surface area (Å²) in [6, 6.07) is 6.88. The molecular weight excluding hydrogens is 214 g/mol. The highest BCUT2D eigenvalue weighted by molar-refractivity contribution is 5.89. The van der Waals surface area contributed by atoms with Gasteiger partial charge in [0.2, 0.25) is 0 Å². The van der Waals surface area contributed by atoms with Gasteiger partial charge < -0.3 is 9.84 Å². The van der Waals surface area contributed by atoms with E-state index < -0.39 is 30.1 Å². The van der Waals surface area contributed by atoms with E-state index in [1.807, 2.05) is 0 Å². The SMILES string of the molecule is O=C(OCC(CO)[N+](=O)[O-])c1ccccc1. The molecule has 0 amide bonds. The maximum absolute atomic E-state index is 11.4. The van der Waals surface area contributed by atoms with Crippen molar-refractivity contribution in [2.24, 2.45) is 0 Å². The van der Waals surface area contributed by atoms with Crippen molar-refractivity contribution < 1.29 is 19.6 Å². The van der Waals surface area contributed by atoms with Gasteiger partial charge in [-0.05, 0) is 12.1 Å². The highest BCUT2D eigenvalue weighted by Crippen LogP contribution is 2.02. The monoisotopic (exact) mass is 225 g/mol. The second kappa shape index (κ2) is 5.82. The molecule has 1 N–H and O–H groups in total. The number of carbonyl (C=O) groups is 1. The summed E-state index contributed by atoms with van der Waals surface area (Å²) >= 11 is 0. The van der Waals surface area contributed by atoms with Gasteiger partial charge in [-0.15, -0.1) is 0 Å². The summed E-state index contributed by atoms with van der Waals surface area (Å²) in [6.45, 7) is -1.09. The molecule has 0 saturated heterocycles. The minimum absolute atomic E-state index is 0.322. The van der Waals surface area contributed by atoms with Gasteiger partial charge in [0.25, 0.3) is 6.04 Å². The molecule has 1 aromatic rings. The van der Waals surface area contributed by atoms with Gasteiger partial charge in [0.1, 0.15) is 6.61 Å². The summed E-state index contributed by atoms with van der Waals surface area (Å²) in [6.07, 6.45) is 0. The minimum atomic E-state index is -1.27. The molecule has 16 heavy (non-hydrogen) atoms. The molecule has 0 aliphatic heterocycles. The normalized spacial score (nSPS) is 11.8. The molecule has 1 unspecified atom stereocenters. The fourth-order valence-corrected chi connectivity index (χ4v) is 1.01. The molecule has 0 radical (unpaired) electrons. The van der Waals surface area contributed by atoms with E-state index in [2.05, 4.69) is 0 Å². The Morgan fingerprint density at radius 2 is 2.06 bits per heavy atom. The smallest absolute Gasteiger partial charge is 0.338 e. The zero-order valence-corrected chi connectivity index (χ0v) is 8.41. The molecule has 1 rings (SSSR count). The van der Waals surface area contributed by atoms with Crippen molar-refractivity contribution in [1.29, 1.82) is 0 Å². The van der Waals surface area contributed by atoms with Crippen LogP contribution in [-0.2, 0) is 4.74 Å². The number of carbonyl (C=O) groups excluding carboxylic acids is 1. The predicted octanol–water partition coefficient (Wildman–Crippen LogP) is 0.481. The molecule has 0 aliphatic rings. The van der Waals surface area contributed by atoms with Gasteiger partial charge in [0.15, 0.2) is 6.61 Å². The third-order valence-electron chi connectivity index (χ3n) is 1.93. The van der Waals surface area contributed by atoms with Gasteiger partial charge >= 0.3 is 5.97 Å². The molecular formula is C10H11NO5. The first kappa shape index (κ1) is 12.1. The van der Waals surface area contributed by atoms with E-state index in [-0.39, 0.29) is 0 Å². The van der Waals surface area contributed by atoms with Crippen molar-refractivity contribution in [1.82, 2.24) is 0 Å². The van der Waals surface area contributed by atoms with Crippen LogP contribution in [0.1, 0.15) is 10.4 Å². The zero-order chi connectivity index (χ0) is 12.0. The lowest BCUT2D eigenvalue weighted by molar-refractivity contribution is -0.528.